The molecule has 1 aromatic heterocycles. The van der Waals surface area contributed by atoms with Crippen LogP contribution in [0, 0.1) is 0 Å². The number of carbonyl (C=O) groups is 1. The molecule has 0 aliphatic carbocycles. The number of nitrogens with one attached hydrogen (secondary N) is 1. The van der Waals surface area contributed by atoms with E-state index in [1.165, 1.54) is 11.3 Å². The third-order valence-electron chi connectivity index (χ3n) is 1.57. The van der Waals surface area contributed by atoms with Gasteiger partial charge in [0.05, 0.1) is 11.6 Å². The lowest BCUT2D eigenvalue weighted by molar-refractivity contribution is 0.0944. The Morgan fingerprint density at radius 2 is 2.57 bits per heavy atom. The van der Waals surface area contributed by atoms with Crippen LogP contribution in [0.3, 0.4) is 0 Å². The minimum Gasteiger partial charge on any atom is -0.409 e. The average Bonchev–Trinajstić information content (AvgIpc) is 2.69. The molecule has 1 unspecified atom stereocenters. The molecule has 1 heterocycles. The summed E-state index contributed by atoms with van der Waals surface area (Å²) in [5, 5.41) is 15.3. The van der Waals surface area contributed by atoms with Crippen LogP contribution in [0.5, 0.6) is 0 Å². The number of rotatable bonds is 3. The van der Waals surface area contributed by atoms with Crippen molar-refractivity contribution in [1.82, 2.24) is 10.3 Å². The summed E-state index contributed by atoms with van der Waals surface area (Å²) in [6.07, 6.45) is 0. The number of hydrogen-bond acceptors (Lipinski definition) is 5. The van der Waals surface area contributed by atoms with Crippen LogP contribution >= 0.6 is 11.3 Å². The number of hydrogen-bond donors (Lipinski definition) is 3. The molecule has 1 aromatic rings. The van der Waals surface area contributed by atoms with Crippen LogP contribution in [0.2, 0.25) is 0 Å². The fourth-order valence-corrected chi connectivity index (χ4v) is 1.29. The van der Waals surface area contributed by atoms with Gasteiger partial charge in [-0.25, -0.2) is 4.98 Å². The molecule has 0 aliphatic heterocycles. The quantitative estimate of drug-likeness (QED) is 0.285. The van der Waals surface area contributed by atoms with E-state index < -0.39 is 6.04 Å². The fourth-order valence-electron chi connectivity index (χ4n) is 0.756. The monoisotopic (exact) mass is 214 g/mol. The first-order valence-electron chi connectivity index (χ1n) is 3.81. The van der Waals surface area contributed by atoms with Crippen molar-refractivity contribution in [2.24, 2.45) is 10.9 Å². The van der Waals surface area contributed by atoms with Crippen molar-refractivity contribution in [1.29, 1.82) is 0 Å². The lowest BCUT2D eigenvalue weighted by atomic mass is 10.3. The number of amides is 1. The van der Waals surface area contributed by atoms with Crippen molar-refractivity contribution in [3.05, 3.63) is 16.6 Å². The molecular weight excluding hydrogens is 204 g/mol. The van der Waals surface area contributed by atoms with Crippen molar-refractivity contribution >= 4 is 23.1 Å². The van der Waals surface area contributed by atoms with Gasteiger partial charge in [-0.15, -0.1) is 11.3 Å². The molecule has 76 valence electrons. The van der Waals surface area contributed by atoms with Gasteiger partial charge in [0.15, 0.2) is 5.84 Å². The van der Waals surface area contributed by atoms with Crippen molar-refractivity contribution in [2.75, 3.05) is 0 Å². The van der Waals surface area contributed by atoms with Gasteiger partial charge in [0.25, 0.3) is 5.91 Å². The standard InChI is InChI=1S/C7H10N4O2S/c1-4(6(8)11-13)10-7(12)5-2-14-3-9-5/h2-4,13H,1H3,(H2,8,11)(H,10,12). The molecule has 14 heavy (non-hydrogen) atoms. The Labute approximate surface area is 84.4 Å². The Kier molecular flexibility index (Phi) is 3.41. The highest BCUT2D eigenvalue weighted by molar-refractivity contribution is 7.07. The maximum atomic E-state index is 11.4. The predicted molar refractivity (Wildman–Crippen MR) is 52.5 cm³/mol. The van der Waals surface area contributed by atoms with E-state index in [4.69, 9.17) is 10.9 Å². The van der Waals surface area contributed by atoms with E-state index in [0.717, 1.165) is 0 Å². The number of amidine groups is 1. The summed E-state index contributed by atoms with van der Waals surface area (Å²) >= 11 is 1.33. The zero-order chi connectivity index (χ0) is 10.6. The molecule has 0 aromatic carbocycles. The summed E-state index contributed by atoms with van der Waals surface area (Å²) in [7, 11) is 0. The van der Waals surface area contributed by atoms with Crippen LogP contribution in [0.15, 0.2) is 16.0 Å². The first kappa shape index (κ1) is 10.5. The Morgan fingerprint density at radius 3 is 3.07 bits per heavy atom. The van der Waals surface area contributed by atoms with E-state index in [-0.39, 0.29) is 11.7 Å². The summed E-state index contributed by atoms with van der Waals surface area (Å²) in [6.45, 7) is 1.61. The zero-order valence-electron chi connectivity index (χ0n) is 7.47. The van der Waals surface area contributed by atoms with Crippen molar-refractivity contribution < 1.29 is 10.0 Å². The molecule has 0 spiro atoms. The highest BCUT2D eigenvalue weighted by Crippen LogP contribution is 2.00. The van der Waals surface area contributed by atoms with Crippen LogP contribution in [0.25, 0.3) is 0 Å². The SMILES string of the molecule is CC(NC(=O)c1cscn1)C(N)=NO. The smallest absolute Gasteiger partial charge is 0.271 e. The van der Waals surface area contributed by atoms with Gasteiger partial charge in [0.1, 0.15) is 5.69 Å². The number of aromatic nitrogens is 1. The maximum absolute atomic E-state index is 11.4. The second-order valence-electron chi connectivity index (χ2n) is 2.59. The number of nitrogens with zero attached hydrogens (tertiary/aromatic N) is 2. The maximum Gasteiger partial charge on any atom is 0.271 e. The van der Waals surface area contributed by atoms with E-state index >= 15 is 0 Å². The molecule has 7 heteroatoms. The van der Waals surface area contributed by atoms with E-state index in [2.05, 4.69) is 15.5 Å². The Balaban J connectivity index is 2.58. The molecule has 1 rings (SSSR count). The number of carbonyl (C=O) groups excluding carboxylic acids is 1. The number of oxime groups is 1. The van der Waals surface area contributed by atoms with Gasteiger partial charge in [-0.3, -0.25) is 4.79 Å². The van der Waals surface area contributed by atoms with Gasteiger partial charge in [0.2, 0.25) is 0 Å². The average molecular weight is 214 g/mol. The van der Waals surface area contributed by atoms with Gasteiger partial charge in [-0.2, -0.15) is 0 Å². The summed E-state index contributed by atoms with van der Waals surface area (Å²) in [6, 6.07) is -0.519. The number of nitrogens with two attached hydrogens (primary N) is 1. The molecule has 0 bridgehead atoms. The highest BCUT2D eigenvalue weighted by atomic mass is 32.1. The summed E-state index contributed by atoms with van der Waals surface area (Å²) in [5.41, 5.74) is 7.17. The second-order valence-corrected chi connectivity index (χ2v) is 3.31. The molecule has 0 fully saturated rings. The van der Waals surface area contributed by atoms with E-state index in [0.29, 0.717) is 5.69 Å². The van der Waals surface area contributed by atoms with Crippen molar-refractivity contribution in [3.8, 4) is 0 Å². The van der Waals surface area contributed by atoms with E-state index in [1.54, 1.807) is 17.8 Å². The normalized spacial score (nSPS) is 13.6. The zero-order valence-corrected chi connectivity index (χ0v) is 8.28. The van der Waals surface area contributed by atoms with E-state index in [1.807, 2.05) is 0 Å². The Bertz CT molecular complexity index is 335. The van der Waals surface area contributed by atoms with Crippen molar-refractivity contribution in [2.45, 2.75) is 13.0 Å². The van der Waals surface area contributed by atoms with Gasteiger partial charge in [-0.1, -0.05) is 5.16 Å². The molecule has 6 nitrogen and oxygen atoms in total. The first-order chi connectivity index (χ1) is 6.65. The number of thiazole rings is 1. The van der Waals surface area contributed by atoms with Gasteiger partial charge in [0, 0.05) is 5.38 Å². The fraction of sp³-hybridized carbons (Fsp3) is 0.286. The molecular formula is C7H10N4O2S. The molecule has 4 N–H and O–H groups in total. The lowest BCUT2D eigenvalue weighted by Crippen LogP contribution is -2.42. The van der Waals surface area contributed by atoms with E-state index in [9.17, 15) is 4.79 Å². The molecule has 0 radical (unpaired) electrons. The minimum atomic E-state index is -0.519. The Hall–Kier alpha value is -1.63. The Morgan fingerprint density at radius 1 is 1.86 bits per heavy atom. The van der Waals surface area contributed by atoms with Crippen LogP contribution in [-0.4, -0.2) is 28.0 Å². The second kappa shape index (κ2) is 4.56. The topological polar surface area (TPSA) is 101 Å². The van der Waals surface area contributed by atoms with Crippen LogP contribution in [-0.2, 0) is 0 Å². The predicted octanol–water partition coefficient (Wildman–Crippen LogP) is 0.00780. The molecule has 0 saturated carbocycles. The summed E-state index contributed by atoms with van der Waals surface area (Å²) in [5.74, 6) is -0.390. The van der Waals surface area contributed by atoms with Gasteiger partial charge < -0.3 is 16.3 Å². The third-order valence-corrected chi connectivity index (χ3v) is 2.16. The molecule has 0 saturated heterocycles. The molecule has 1 atom stereocenters. The van der Waals surface area contributed by atoms with Crippen molar-refractivity contribution in [3.63, 3.8) is 0 Å². The summed E-state index contributed by atoms with van der Waals surface area (Å²) in [4.78, 5) is 15.2. The van der Waals surface area contributed by atoms with Crippen LogP contribution in [0.1, 0.15) is 17.4 Å². The summed E-state index contributed by atoms with van der Waals surface area (Å²) < 4.78 is 0. The van der Waals surface area contributed by atoms with Gasteiger partial charge >= 0.3 is 0 Å². The van der Waals surface area contributed by atoms with Gasteiger partial charge in [-0.05, 0) is 6.92 Å². The highest BCUT2D eigenvalue weighted by Gasteiger charge is 2.13. The van der Waals surface area contributed by atoms with Crippen LogP contribution in [0.4, 0.5) is 0 Å². The molecule has 0 aliphatic rings. The minimum absolute atomic E-state index is 0.0476. The largest absolute Gasteiger partial charge is 0.409 e. The first-order valence-corrected chi connectivity index (χ1v) is 4.76. The van der Waals surface area contributed by atoms with Crippen LogP contribution < -0.4 is 11.1 Å². The lowest BCUT2D eigenvalue weighted by Gasteiger charge is -2.10. The third kappa shape index (κ3) is 2.43. The molecule has 1 amide bonds.